The maximum Gasteiger partial charge on any atom is 0.217 e. The van der Waals surface area contributed by atoms with Gasteiger partial charge in [0, 0.05) is 24.9 Å². The molecule has 5 heteroatoms. The lowest BCUT2D eigenvalue weighted by atomic mass is 9.81. The first-order chi connectivity index (χ1) is 6.48. The Bertz CT molecular complexity index is 372. The summed E-state index contributed by atoms with van der Waals surface area (Å²) in [7, 11) is -2.99. The van der Waals surface area contributed by atoms with Crippen LogP contribution in [0.1, 0.15) is 26.2 Å². The van der Waals surface area contributed by atoms with E-state index in [1.165, 1.54) is 4.31 Å². The molecule has 1 aliphatic carbocycles. The molecule has 1 saturated heterocycles. The molecule has 14 heavy (non-hydrogen) atoms. The topological polar surface area (TPSA) is 61.2 Å². The van der Waals surface area contributed by atoms with Crippen LogP contribution in [-0.4, -0.2) is 31.1 Å². The Hall–Kier alpha value is -0.600. The van der Waals surface area contributed by atoms with E-state index in [4.69, 9.17) is 5.26 Å². The number of sulfonamides is 1. The summed E-state index contributed by atoms with van der Waals surface area (Å²) in [6.07, 6.45) is 2.07. The van der Waals surface area contributed by atoms with E-state index in [2.05, 4.69) is 6.07 Å². The molecule has 0 atom stereocenters. The van der Waals surface area contributed by atoms with Crippen LogP contribution in [0.4, 0.5) is 0 Å². The molecular formula is C9H14N2O2S. The Kier molecular flexibility index (Phi) is 2.09. The van der Waals surface area contributed by atoms with Gasteiger partial charge in [0.15, 0.2) is 0 Å². The maximum absolute atomic E-state index is 11.7. The van der Waals surface area contributed by atoms with E-state index in [9.17, 15) is 8.42 Å². The highest BCUT2D eigenvalue weighted by Gasteiger charge is 2.49. The Labute approximate surface area is 84.6 Å². The number of nitriles is 1. The van der Waals surface area contributed by atoms with Gasteiger partial charge in [-0.25, -0.2) is 12.7 Å². The summed E-state index contributed by atoms with van der Waals surface area (Å²) >= 11 is 0. The van der Waals surface area contributed by atoms with Crippen LogP contribution < -0.4 is 0 Å². The van der Waals surface area contributed by atoms with Gasteiger partial charge >= 0.3 is 0 Å². The fraction of sp³-hybridized carbons (Fsp3) is 0.889. The van der Waals surface area contributed by atoms with Gasteiger partial charge in [0.1, 0.15) is 0 Å². The summed E-state index contributed by atoms with van der Waals surface area (Å²) in [5.74, 6) is 0. The third kappa shape index (κ3) is 1.53. The van der Waals surface area contributed by atoms with Crippen molar-refractivity contribution in [1.82, 2.24) is 4.31 Å². The maximum atomic E-state index is 11.7. The standard InChI is InChI=1S/C9H14N2O2S/c1-9(4-5-10)6-11(7-9)14(12,13)8-2-3-8/h8H,2-4,6-7H2,1H3. The van der Waals surface area contributed by atoms with Gasteiger partial charge in [-0.1, -0.05) is 6.92 Å². The van der Waals surface area contributed by atoms with E-state index in [0.29, 0.717) is 19.5 Å². The first-order valence-corrected chi connectivity index (χ1v) is 6.34. The minimum Gasteiger partial charge on any atom is -0.212 e. The van der Waals surface area contributed by atoms with Gasteiger partial charge in [-0.05, 0) is 12.8 Å². The first-order valence-electron chi connectivity index (χ1n) is 4.84. The Morgan fingerprint density at radius 3 is 2.50 bits per heavy atom. The number of nitrogens with zero attached hydrogens (tertiary/aromatic N) is 2. The van der Waals surface area contributed by atoms with E-state index in [-0.39, 0.29) is 10.7 Å². The molecule has 0 radical (unpaired) electrons. The van der Waals surface area contributed by atoms with E-state index in [1.807, 2.05) is 6.92 Å². The predicted molar refractivity (Wildman–Crippen MR) is 51.9 cm³/mol. The summed E-state index contributed by atoms with van der Waals surface area (Å²) in [6, 6.07) is 2.11. The minimum absolute atomic E-state index is 0.100. The number of hydrogen-bond donors (Lipinski definition) is 0. The van der Waals surface area contributed by atoms with Crippen molar-refractivity contribution in [3.05, 3.63) is 0 Å². The van der Waals surface area contributed by atoms with Crippen LogP contribution in [0, 0.1) is 16.7 Å². The summed E-state index contributed by atoms with van der Waals surface area (Å²) in [5.41, 5.74) is -0.100. The van der Waals surface area contributed by atoms with Crippen molar-refractivity contribution in [2.45, 2.75) is 31.4 Å². The van der Waals surface area contributed by atoms with Crippen molar-refractivity contribution in [1.29, 1.82) is 5.26 Å². The Balaban J connectivity index is 1.97. The minimum atomic E-state index is -2.99. The predicted octanol–water partition coefficient (Wildman–Crippen LogP) is 0.714. The number of rotatable bonds is 3. The van der Waals surface area contributed by atoms with Crippen molar-refractivity contribution in [3.63, 3.8) is 0 Å². The van der Waals surface area contributed by atoms with Gasteiger partial charge in [-0.3, -0.25) is 0 Å². The quantitative estimate of drug-likeness (QED) is 0.695. The average Bonchev–Trinajstić information content (AvgIpc) is 2.82. The van der Waals surface area contributed by atoms with Crippen molar-refractivity contribution >= 4 is 10.0 Å². The van der Waals surface area contributed by atoms with Crippen LogP contribution in [0.2, 0.25) is 0 Å². The second-order valence-electron chi connectivity index (χ2n) is 4.66. The normalized spacial score (nSPS) is 26.6. The smallest absolute Gasteiger partial charge is 0.212 e. The lowest BCUT2D eigenvalue weighted by Gasteiger charge is -2.45. The molecule has 78 valence electrons. The van der Waals surface area contributed by atoms with E-state index < -0.39 is 10.0 Å². The van der Waals surface area contributed by atoms with Crippen molar-refractivity contribution in [2.24, 2.45) is 5.41 Å². The second kappa shape index (κ2) is 2.94. The molecule has 0 aromatic carbocycles. The fourth-order valence-corrected chi connectivity index (χ4v) is 4.00. The van der Waals surface area contributed by atoms with Crippen molar-refractivity contribution in [3.8, 4) is 6.07 Å². The zero-order valence-corrected chi connectivity index (χ0v) is 9.05. The van der Waals surface area contributed by atoms with Gasteiger partial charge < -0.3 is 0 Å². The lowest BCUT2D eigenvalue weighted by Crippen LogP contribution is -2.57. The summed E-state index contributed by atoms with van der Waals surface area (Å²) in [6.45, 7) is 3.02. The summed E-state index contributed by atoms with van der Waals surface area (Å²) < 4.78 is 25.0. The number of hydrogen-bond acceptors (Lipinski definition) is 3. The van der Waals surface area contributed by atoms with Crippen LogP contribution in [0.25, 0.3) is 0 Å². The molecule has 4 nitrogen and oxygen atoms in total. The van der Waals surface area contributed by atoms with Gasteiger partial charge in [-0.2, -0.15) is 5.26 Å². The molecule has 1 heterocycles. The molecule has 0 bridgehead atoms. The zero-order chi connectivity index (χ0) is 10.4. The molecule has 0 unspecified atom stereocenters. The molecule has 0 aromatic heterocycles. The van der Waals surface area contributed by atoms with Crippen molar-refractivity contribution < 1.29 is 8.42 Å². The van der Waals surface area contributed by atoms with Crippen LogP contribution in [0.5, 0.6) is 0 Å². The molecule has 0 N–H and O–H groups in total. The lowest BCUT2D eigenvalue weighted by molar-refractivity contribution is 0.0952. The molecule has 1 saturated carbocycles. The highest BCUT2D eigenvalue weighted by Crippen LogP contribution is 2.40. The Morgan fingerprint density at radius 1 is 1.50 bits per heavy atom. The third-order valence-electron chi connectivity index (χ3n) is 2.93. The van der Waals surface area contributed by atoms with Crippen LogP contribution in [-0.2, 0) is 10.0 Å². The second-order valence-corrected chi connectivity index (χ2v) is 6.87. The van der Waals surface area contributed by atoms with Crippen LogP contribution in [0.15, 0.2) is 0 Å². The first kappa shape index (κ1) is 9.94. The summed E-state index contributed by atoms with van der Waals surface area (Å²) in [4.78, 5) is 0. The van der Waals surface area contributed by atoms with Gasteiger partial charge in [0.2, 0.25) is 10.0 Å². The summed E-state index contributed by atoms with van der Waals surface area (Å²) in [5, 5.41) is 8.44. The molecule has 0 amide bonds. The fourth-order valence-electron chi connectivity index (χ4n) is 1.86. The largest absolute Gasteiger partial charge is 0.217 e. The van der Waals surface area contributed by atoms with Gasteiger partial charge in [-0.15, -0.1) is 0 Å². The van der Waals surface area contributed by atoms with E-state index in [1.54, 1.807) is 0 Å². The monoisotopic (exact) mass is 214 g/mol. The van der Waals surface area contributed by atoms with E-state index in [0.717, 1.165) is 12.8 Å². The zero-order valence-electron chi connectivity index (χ0n) is 8.23. The molecule has 2 fully saturated rings. The third-order valence-corrected chi connectivity index (χ3v) is 5.22. The average molecular weight is 214 g/mol. The molecule has 0 aromatic rings. The van der Waals surface area contributed by atoms with Crippen molar-refractivity contribution in [2.75, 3.05) is 13.1 Å². The van der Waals surface area contributed by atoms with Crippen LogP contribution >= 0.6 is 0 Å². The molecule has 2 rings (SSSR count). The highest BCUT2D eigenvalue weighted by atomic mass is 32.2. The molecule has 2 aliphatic rings. The van der Waals surface area contributed by atoms with E-state index >= 15 is 0 Å². The van der Waals surface area contributed by atoms with Crippen LogP contribution in [0.3, 0.4) is 0 Å². The SMILES string of the molecule is CC1(CC#N)CN(S(=O)(=O)C2CC2)C1. The van der Waals surface area contributed by atoms with Gasteiger partial charge in [0.05, 0.1) is 11.3 Å². The molecular weight excluding hydrogens is 200 g/mol. The molecule has 1 aliphatic heterocycles. The Morgan fingerprint density at radius 2 is 2.07 bits per heavy atom. The highest BCUT2D eigenvalue weighted by molar-refractivity contribution is 7.90. The van der Waals surface area contributed by atoms with Gasteiger partial charge in [0.25, 0.3) is 0 Å². The molecule has 0 spiro atoms.